The molecule has 0 unspecified atom stereocenters. The van der Waals surface area contributed by atoms with E-state index in [0.29, 0.717) is 5.95 Å². The third-order valence-corrected chi connectivity index (χ3v) is 30.3. The summed E-state index contributed by atoms with van der Waals surface area (Å²) in [6.45, 7) is 4.16. The molecule has 0 bridgehead atoms. The van der Waals surface area contributed by atoms with Crippen molar-refractivity contribution in [3.05, 3.63) is 379 Å². The van der Waals surface area contributed by atoms with E-state index in [4.69, 9.17) is 43.5 Å². The normalized spacial score (nSPS) is 15.1. The number of nitrogens with one attached hydrogen (secondary N) is 2. The van der Waals surface area contributed by atoms with Gasteiger partial charge in [-0.05, 0) is 205 Å². The van der Waals surface area contributed by atoms with Gasteiger partial charge in [-0.15, -0.1) is 0 Å². The molecule has 0 saturated heterocycles. The van der Waals surface area contributed by atoms with Crippen molar-refractivity contribution >= 4 is 74.7 Å². The number of nitrogens with two attached hydrogens (primary N) is 5. The Bertz CT molecular complexity index is 8000. The second kappa shape index (κ2) is 40.0. The Labute approximate surface area is 843 Å². The predicted molar refractivity (Wildman–Crippen MR) is 568 cm³/mol. The first-order chi connectivity index (χ1) is 71.1. The summed E-state index contributed by atoms with van der Waals surface area (Å²) < 4.78 is 10.8. The maximum absolute atomic E-state index is 12.0. The van der Waals surface area contributed by atoms with Crippen LogP contribution < -0.4 is 28.7 Å². The quantitative estimate of drug-likeness (QED) is 0.0310. The summed E-state index contributed by atoms with van der Waals surface area (Å²) in [5.74, 6) is 1.35. The number of nitrogens with zero attached hydrogens (tertiary/aromatic N) is 19. The zero-order valence-corrected chi connectivity index (χ0v) is 81.5. The molecule has 5 aliphatic rings. The number of fused-ring (bicyclic) bond motifs is 3. The Hall–Kier alpha value is -17.7. The van der Waals surface area contributed by atoms with Crippen LogP contribution in [0.2, 0.25) is 0 Å². The number of hydrogen-bond donors (Lipinski definition) is 8. The average Bonchev–Trinajstić information content (AvgIpc) is 1.54. The molecule has 0 amide bonds. The van der Waals surface area contributed by atoms with Crippen molar-refractivity contribution in [2.45, 2.75) is 150 Å². The largest absolute Gasteiger partial charge is 0.480 e. The van der Waals surface area contributed by atoms with Gasteiger partial charge in [0.25, 0.3) is 0 Å². The van der Waals surface area contributed by atoms with Gasteiger partial charge in [0.1, 0.15) is 18.9 Å². The molecule has 30 nitrogen and oxygen atoms in total. The zero-order valence-electron chi connectivity index (χ0n) is 81.5. The Balaban J connectivity index is 0.000000107. The number of imidazole rings is 1. The molecule has 13 N–H and O–H groups in total. The fourth-order valence-electron chi connectivity index (χ4n) is 21.4. The number of aromatic amines is 2. The molecule has 728 valence electrons. The van der Waals surface area contributed by atoms with Crippen LogP contribution >= 0.6 is 0 Å². The van der Waals surface area contributed by atoms with Crippen molar-refractivity contribution in [2.24, 2.45) is 7.05 Å². The van der Waals surface area contributed by atoms with Gasteiger partial charge in [-0.2, -0.15) is 10.2 Å². The van der Waals surface area contributed by atoms with Gasteiger partial charge < -0.3 is 52.6 Å². The lowest BCUT2D eigenvalue weighted by molar-refractivity contribution is -0.141. The Morgan fingerprint density at radius 2 is 0.712 bits per heavy atom. The Morgan fingerprint density at radius 1 is 0.370 bits per heavy atom. The number of hydrogen-bond acceptors (Lipinski definition) is 24. The van der Waals surface area contributed by atoms with Crippen molar-refractivity contribution < 1.29 is 19.4 Å². The van der Waals surface area contributed by atoms with Crippen LogP contribution in [-0.2, 0) is 61.5 Å². The number of carbonyl (C=O) groups excluding carboxylic acids is 1. The molecule has 5 fully saturated rings. The van der Waals surface area contributed by atoms with E-state index in [1.54, 1.807) is 68.2 Å². The molecule has 7 aromatic carbocycles. The monoisotopic (exact) mass is 1930 g/mol. The van der Waals surface area contributed by atoms with Crippen LogP contribution in [0, 0.1) is 13.8 Å². The molecular weight excluding hydrogens is 1820 g/mol. The molecule has 0 atom stereocenters. The van der Waals surface area contributed by atoms with Gasteiger partial charge in [0.05, 0.1) is 29.4 Å². The summed E-state index contributed by atoms with van der Waals surface area (Å²) in [6, 6.07) is 76.2. The number of esters is 1. The lowest BCUT2D eigenvalue weighted by Crippen LogP contribution is -2.37. The number of para-hydroxylation sites is 2. The second-order valence-corrected chi connectivity index (χ2v) is 38.6. The number of H-pyrrole nitrogens is 2. The van der Waals surface area contributed by atoms with Crippen LogP contribution in [0.25, 0.3) is 111 Å². The first-order valence-electron chi connectivity index (χ1n) is 49.3. The summed E-state index contributed by atoms with van der Waals surface area (Å²) in [7, 11) is 3.47. The highest BCUT2D eigenvalue weighted by Gasteiger charge is 2.48. The van der Waals surface area contributed by atoms with Crippen LogP contribution in [0.3, 0.4) is 0 Å². The number of anilines is 5. The zero-order chi connectivity index (χ0) is 100. The molecule has 5 aliphatic carbocycles. The molecule has 30 heteroatoms. The van der Waals surface area contributed by atoms with E-state index < -0.39 is 5.97 Å². The first-order valence-corrected chi connectivity index (χ1v) is 49.3. The topological polar surface area (TPSA) is 446 Å². The maximum atomic E-state index is 12.0. The highest BCUT2D eigenvalue weighted by atomic mass is 16.5. The van der Waals surface area contributed by atoms with E-state index in [0.717, 1.165) is 194 Å². The number of ether oxygens (including phenoxy) is 1. The summed E-state index contributed by atoms with van der Waals surface area (Å²) in [6.07, 6.45) is 44.2. The lowest BCUT2D eigenvalue weighted by atomic mass is 9.60. The number of rotatable bonds is 21. The highest BCUT2D eigenvalue weighted by molar-refractivity contribution is 5.89. The number of aryl methyl sites for hydroxylation is 3. The van der Waals surface area contributed by atoms with Crippen LogP contribution in [0.1, 0.15) is 164 Å². The summed E-state index contributed by atoms with van der Waals surface area (Å²) in [5.41, 5.74) is 59.1. The molecular formula is C116H110N26O4. The molecule has 13 heterocycles. The van der Waals surface area contributed by atoms with Gasteiger partial charge in [-0.1, -0.05) is 190 Å². The molecule has 13 aromatic heterocycles. The van der Waals surface area contributed by atoms with Gasteiger partial charge in [0.15, 0.2) is 5.65 Å². The van der Waals surface area contributed by atoms with E-state index in [-0.39, 0.29) is 69.9 Å². The molecule has 0 spiro atoms. The number of carboxylic acid groups (broad SMARTS) is 1. The number of carbonyl (C=O) groups is 2. The van der Waals surface area contributed by atoms with E-state index in [1.165, 1.54) is 88.5 Å². The third-order valence-electron chi connectivity index (χ3n) is 30.3. The smallest absolute Gasteiger partial charge is 0.325 e. The number of pyridine rings is 3. The fourth-order valence-corrected chi connectivity index (χ4v) is 21.4. The Morgan fingerprint density at radius 3 is 1.06 bits per heavy atom. The predicted octanol–water partition coefficient (Wildman–Crippen LogP) is 20.6. The molecule has 20 aromatic rings. The first kappa shape index (κ1) is 94.5. The SMILES string of the molecule is COC(=O)Cn1cc(C2(c3ccc(-c4cnc(N)nc4)cc3)CCC2)c2ccccc21.Cc1ccc(-c2cc(C3(c4ccc(-c5cnc(N)nc5)cc4)CCC3)[nH]n2)cn1.Cc1ccc(-c2cc(C3(c4ccc(-c5cnc(N)nc5)cc4)CCC3)n(C)n2)cn1.Nc1ncc(-c2ccc(C3(c4cn(CC(=O)O)c5ccccc45)CCC3)cc2)cn1.Nc1ncc(-c2ccc(C3(c4nc5ncccc5[nH]4)CCC3)cc2)cn1. The standard InChI is InChI=1S/C25H24N4O2.C24H24N6.C24H22N4O2.C23H22N6.C20H18N6/c1-31-23(30)16-29-15-21(20-5-2-3-6-22(20)29)25(11-4-12-25)19-9-7-17(8-10-19)18-13-27-24(26)28-14-18;1-16-4-5-18(13-26-16)21-12-22(30(2)29-21)24(10-3-11-24)20-8-6-17(7-9-20)19-14-27-23(25)28-15-19;25-23-26-12-17(13-27-23)16-6-8-18(9-7-16)24(10-3-11-24)20-14-28(15-22(29)30)21-5-2-1-4-19(20)21;1-15-3-4-17(12-25-15)20-11-21(29-28-20)23(9-2-10-23)19-7-5-16(6-8-19)18-13-26-22(24)27-14-18;21-19-23-11-14(12-24-19)13-4-6-15(7-5-13)20(8-2-9-20)18-25-16-3-1-10-22-17(16)26-18/h2-3,5-10,13-15H,4,11-12,16H2,1H3,(H2,26,27,28);4-9,12-15H,3,10-11H2,1-2H3,(H2,25,27,28);1-2,4-9,12-14H,3,10-11,15H2,(H,29,30)(H2,25,26,27);3-8,11-14H,2,9-10H2,1H3,(H,28,29)(H2,24,26,27);1,3-7,10-12H,2,8-9H2,(H2,21,23,24)(H,22,25,26). The molecule has 5 saturated carbocycles. The summed E-state index contributed by atoms with van der Waals surface area (Å²) in [5, 5.41) is 24.4. The summed E-state index contributed by atoms with van der Waals surface area (Å²) >= 11 is 0. The van der Waals surface area contributed by atoms with E-state index in [2.05, 4.69) is 256 Å². The Kier molecular flexibility index (Phi) is 25.9. The molecule has 0 radical (unpaired) electrons. The average molecular weight is 1930 g/mol. The molecule has 146 heavy (non-hydrogen) atoms. The van der Waals surface area contributed by atoms with Gasteiger partial charge in [0.2, 0.25) is 29.7 Å². The number of methoxy groups -OCH3 is 1. The summed E-state index contributed by atoms with van der Waals surface area (Å²) in [4.78, 5) is 85.6. The fraction of sp³-hybridized carbons (Fsp3) is 0.224. The van der Waals surface area contributed by atoms with E-state index in [1.807, 2.05) is 102 Å². The number of aromatic nitrogens is 21. The van der Waals surface area contributed by atoms with Crippen LogP contribution in [-0.4, -0.2) is 128 Å². The van der Waals surface area contributed by atoms with Crippen molar-refractivity contribution in [2.75, 3.05) is 35.8 Å². The molecule has 25 rings (SSSR count). The minimum absolute atomic E-state index is 0.000475. The number of nitrogen functional groups attached to an aromatic ring is 5. The number of carboxylic acids is 1. The van der Waals surface area contributed by atoms with E-state index in [9.17, 15) is 14.7 Å². The minimum Gasteiger partial charge on any atom is -0.480 e. The molecule has 0 aliphatic heterocycles. The number of benzene rings is 7. The maximum Gasteiger partial charge on any atom is 0.325 e. The van der Waals surface area contributed by atoms with Crippen LogP contribution in [0.5, 0.6) is 0 Å². The van der Waals surface area contributed by atoms with Gasteiger partial charge >= 0.3 is 11.9 Å². The van der Waals surface area contributed by atoms with Crippen LogP contribution in [0.15, 0.2) is 311 Å². The third kappa shape index (κ3) is 18.6. The van der Waals surface area contributed by atoms with Crippen molar-refractivity contribution in [3.63, 3.8) is 0 Å². The lowest BCUT2D eigenvalue weighted by Gasteiger charge is -2.43. The van der Waals surface area contributed by atoms with Crippen molar-refractivity contribution in [1.82, 2.24) is 104 Å². The van der Waals surface area contributed by atoms with Crippen molar-refractivity contribution in [3.8, 4) is 78.1 Å². The highest BCUT2D eigenvalue weighted by Crippen LogP contribution is 2.56. The minimum atomic E-state index is -0.833. The van der Waals surface area contributed by atoms with Gasteiger partial charge in [-0.3, -0.25) is 29.3 Å². The van der Waals surface area contributed by atoms with Gasteiger partial charge in [0, 0.05) is 205 Å². The van der Waals surface area contributed by atoms with Crippen LogP contribution in [0.4, 0.5) is 29.7 Å². The number of aliphatic carboxylic acids is 1. The second-order valence-electron chi connectivity index (χ2n) is 38.6. The van der Waals surface area contributed by atoms with Gasteiger partial charge in [-0.25, -0.2) is 59.8 Å². The van der Waals surface area contributed by atoms with E-state index >= 15 is 0 Å². The van der Waals surface area contributed by atoms with Crippen molar-refractivity contribution in [1.29, 1.82) is 0 Å².